The molecule has 7 nitrogen and oxygen atoms in total. The average Bonchev–Trinajstić information content (AvgIpc) is 3.18. The molecule has 0 aliphatic rings. The van der Waals surface area contributed by atoms with Crippen LogP contribution >= 0.6 is 0 Å². The summed E-state index contributed by atoms with van der Waals surface area (Å²) in [6.45, 7) is 2.20. The number of pyridine rings is 1. The molecule has 0 radical (unpaired) electrons. The molecule has 1 aromatic carbocycles. The topological polar surface area (TPSA) is 80.0 Å². The lowest BCUT2D eigenvalue weighted by Gasteiger charge is -2.12. The van der Waals surface area contributed by atoms with Gasteiger partial charge in [-0.15, -0.1) is 0 Å². The lowest BCUT2D eigenvalue weighted by molar-refractivity contribution is 0.683. The number of nitrogens with zero attached hydrogens (tertiary/aromatic N) is 5. The highest BCUT2D eigenvalue weighted by atomic mass is 15.3. The minimum Gasteiger partial charge on any atom is -0.356 e. The third kappa shape index (κ3) is 5.41. The molecule has 0 saturated heterocycles. The molecule has 2 aromatic heterocycles. The smallest absolute Gasteiger partial charge is 0.191 e. The molecule has 3 rings (SSSR count). The number of aliphatic imine (C=N–C) groups is 1. The van der Waals surface area contributed by atoms with Crippen LogP contribution in [0.5, 0.6) is 0 Å². The molecule has 0 unspecified atom stereocenters. The normalized spacial score (nSPS) is 11.3. The molecule has 0 atom stereocenters. The first-order valence-electron chi connectivity index (χ1n) is 8.58. The van der Waals surface area contributed by atoms with Crippen molar-refractivity contribution in [2.75, 3.05) is 13.6 Å². The van der Waals surface area contributed by atoms with Gasteiger partial charge in [-0.1, -0.05) is 30.3 Å². The van der Waals surface area contributed by atoms with Crippen LogP contribution in [0.1, 0.15) is 16.8 Å². The van der Waals surface area contributed by atoms with Crippen LogP contribution in [0, 0.1) is 0 Å². The molecule has 0 bridgehead atoms. The highest BCUT2D eigenvalue weighted by Gasteiger charge is 2.01. The Morgan fingerprint density at radius 1 is 1.12 bits per heavy atom. The maximum atomic E-state index is 4.32. The second-order valence-electron chi connectivity index (χ2n) is 5.84. The van der Waals surface area contributed by atoms with Crippen LogP contribution in [0.2, 0.25) is 0 Å². The summed E-state index contributed by atoms with van der Waals surface area (Å²) in [6.07, 6.45) is 5.94. The summed E-state index contributed by atoms with van der Waals surface area (Å²) < 4.78 is 1.81. The van der Waals surface area contributed by atoms with Gasteiger partial charge in [0.2, 0.25) is 0 Å². The Labute approximate surface area is 153 Å². The van der Waals surface area contributed by atoms with Gasteiger partial charge in [-0.3, -0.25) is 9.98 Å². The van der Waals surface area contributed by atoms with Gasteiger partial charge >= 0.3 is 0 Å². The molecule has 7 heteroatoms. The van der Waals surface area contributed by atoms with Gasteiger partial charge in [0, 0.05) is 38.4 Å². The second kappa shape index (κ2) is 9.31. The van der Waals surface area contributed by atoms with Crippen LogP contribution in [0.15, 0.2) is 66.3 Å². The Morgan fingerprint density at radius 2 is 2.04 bits per heavy atom. The standard InChI is InChI=1S/C19H23N7/c1-20-19(23-10-8-18-7-2-3-9-22-18)24-12-16-5-4-6-17(11-16)13-26-15-21-14-25-26/h2-7,9,11,14-15H,8,10,12-13H2,1H3,(H2,20,23,24). The van der Waals surface area contributed by atoms with E-state index in [9.17, 15) is 0 Å². The Balaban J connectivity index is 1.47. The van der Waals surface area contributed by atoms with Crippen LogP contribution in [-0.2, 0) is 19.5 Å². The molecule has 0 aliphatic heterocycles. The fourth-order valence-corrected chi connectivity index (χ4v) is 2.60. The molecule has 3 aromatic rings. The summed E-state index contributed by atoms with van der Waals surface area (Å²) in [4.78, 5) is 12.6. The van der Waals surface area contributed by atoms with Crippen molar-refractivity contribution in [3.8, 4) is 0 Å². The number of aromatic nitrogens is 4. The number of hydrogen-bond acceptors (Lipinski definition) is 4. The Hall–Kier alpha value is -3.22. The number of guanidine groups is 1. The first kappa shape index (κ1) is 17.6. The molecule has 0 saturated carbocycles. The molecule has 2 N–H and O–H groups in total. The van der Waals surface area contributed by atoms with Crippen LogP contribution < -0.4 is 10.6 Å². The number of nitrogens with one attached hydrogen (secondary N) is 2. The minimum absolute atomic E-state index is 0.703. The van der Waals surface area contributed by atoms with E-state index in [1.54, 1.807) is 19.7 Å². The van der Waals surface area contributed by atoms with Crippen molar-refractivity contribution in [1.29, 1.82) is 0 Å². The molecule has 134 valence electrons. The Morgan fingerprint density at radius 3 is 2.81 bits per heavy atom. The monoisotopic (exact) mass is 349 g/mol. The quantitative estimate of drug-likeness (QED) is 0.501. The summed E-state index contributed by atoms with van der Waals surface area (Å²) in [6, 6.07) is 14.4. The zero-order valence-corrected chi connectivity index (χ0v) is 14.8. The fourth-order valence-electron chi connectivity index (χ4n) is 2.60. The van der Waals surface area contributed by atoms with E-state index in [1.807, 2.05) is 29.1 Å². The summed E-state index contributed by atoms with van der Waals surface area (Å²) in [5.41, 5.74) is 3.44. The van der Waals surface area contributed by atoms with Gasteiger partial charge in [-0.25, -0.2) is 9.67 Å². The zero-order valence-electron chi connectivity index (χ0n) is 14.8. The first-order chi connectivity index (χ1) is 12.8. The highest BCUT2D eigenvalue weighted by molar-refractivity contribution is 5.79. The van der Waals surface area contributed by atoms with Crippen molar-refractivity contribution in [1.82, 2.24) is 30.4 Å². The van der Waals surface area contributed by atoms with Gasteiger partial charge < -0.3 is 10.6 Å². The van der Waals surface area contributed by atoms with Crippen molar-refractivity contribution in [3.63, 3.8) is 0 Å². The highest BCUT2D eigenvalue weighted by Crippen LogP contribution is 2.06. The molecule has 0 amide bonds. The van der Waals surface area contributed by atoms with Gasteiger partial charge in [-0.2, -0.15) is 5.10 Å². The third-order valence-electron chi connectivity index (χ3n) is 3.89. The molecule has 26 heavy (non-hydrogen) atoms. The third-order valence-corrected chi connectivity index (χ3v) is 3.89. The Kier molecular flexibility index (Phi) is 6.30. The van der Waals surface area contributed by atoms with Crippen molar-refractivity contribution in [2.45, 2.75) is 19.5 Å². The van der Waals surface area contributed by atoms with E-state index in [4.69, 9.17) is 0 Å². The number of benzene rings is 1. The van der Waals surface area contributed by atoms with Gasteiger partial charge in [0.1, 0.15) is 12.7 Å². The molecule has 0 spiro atoms. The van der Waals surface area contributed by atoms with E-state index in [0.717, 1.165) is 24.6 Å². The molecule has 0 fully saturated rings. The molecular formula is C19H23N7. The van der Waals surface area contributed by atoms with Crippen LogP contribution in [0.3, 0.4) is 0 Å². The second-order valence-corrected chi connectivity index (χ2v) is 5.84. The van der Waals surface area contributed by atoms with Gasteiger partial charge in [0.25, 0.3) is 0 Å². The minimum atomic E-state index is 0.703. The summed E-state index contributed by atoms with van der Waals surface area (Å²) in [7, 11) is 1.78. The average molecular weight is 349 g/mol. The molecule has 0 aliphatic carbocycles. The van der Waals surface area contributed by atoms with E-state index >= 15 is 0 Å². The van der Waals surface area contributed by atoms with E-state index in [0.29, 0.717) is 13.1 Å². The summed E-state index contributed by atoms with van der Waals surface area (Å²) >= 11 is 0. The predicted octanol–water partition coefficient (Wildman–Crippen LogP) is 1.63. The lowest BCUT2D eigenvalue weighted by atomic mass is 10.1. The predicted molar refractivity (Wildman–Crippen MR) is 102 cm³/mol. The van der Waals surface area contributed by atoms with E-state index in [2.05, 4.69) is 55.0 Å². The van der Waals surface area contributed by atoms with Crippen molar-refractivity contribution in [2.24, 2.45) is 4.99 Å². The molecule has 2 heterocycles. The van der Waals surface area contributed by atoms with E-state index < -0.39 is 0 Å². The van der Waals surface area contributed by atoms with E-state index in [1.165, 1.54) is 11.1 Å². The first-order valence-corrected chi connectivity index (χ1v) is 8.58. The maximum Gasteiger partial charge on any atom is 0.191 e. The van der Waals surface area contributed by atoms with Crippen molar-refractivity contribution < 1.29 is 0 Å². The zero-order chi connectivity index (χ0) is 18.0. The Bertz CT molecular complexity index is 813. The van der Waals surface area contributed by atoms with Crippen LogP contribution in [0.25, 0.3) is 0 Å². The molecular weight excluding hydrogens is 326 g/mol. The van der Waals surface area contributed by atoms with Gasteiger partial charge in [0.15, 0.2) is 5.96 Å². The SMILES string of the molecule is CN=C(NCCc1ccccn1)NCc1cccc(Cn2cncn2)c1. The summed E-state index contributed by atoms with van der Waals surface area (Å²) in [5.74, 6) is 0.780. The van der Waals surface area contributed by atoms with Crippen molar-refractivity contribution in [3.05, 3.63) is 78.1 Å². The number of rotatable bonds is 7. The van der Waals surface area contributed by atoms with Crippen molar-refractivity contribution >= 4 is 5.96 Å². The number of hydrogen-bond donors (Lipinski definition) is 2. The van der Waals surface area contributed by atoms with Gasteiger partial charge in [0.05, 0.1) is 6.54 Å². The van der Waals surface area contributed by atoms with E-state index in [-0.39, 0.29) is 0 Å². The van der Waals surface area contributed by atoms with Crippen LogP contribution in [-0.4, -0.2) is 39.3 Å². The fraction of sp³-hybridized carbons (Fsp3) is 0.263. The lowest BCUT2D eigenvalue weighted by Crippen LogP contribution is -2.37. The summed E-state index contributed by atoms with van der Waals surface area (Å²) in [5, 5.41) is 10.8. The largest absolute Gasteiger partial charge is 0.356 e. The maximum absolute atomic E-state index is 4.32. The van der Waals surface area contributed by atoms with Crippen LogP contribution in [0.4, 0.5) is 0 Å². The van der Waals surface area contributed by atoms with Gasteiger partial charge in [-0.05, 0) is 23.3 Å².